The highest BCUT2D eigenvalue weighted by Crippen LogP contribution is 2.44. The van der Waals surface area contributed by atoms with E-state index in [2.05, 4.69) is 264 Å². The molecule has 2 aromatic heterocycles. The molecule has 5 nitrogen and oxygen atoms in total. The van der Waals surface area contributed by atoms with E-state index in [-0.39, 0.29) is 12.2 Å². The van der Waals surface area contributed by atoms with Crippen molar-refractivity contribution in [3.8, 4) is 45.1 Å². The molecule has 14 rings (SSSR count). The van der Waals surface area contributed by atoms with Crippen LogP contribution >= 0.6 is 0 Å². The second-order valence-corrected chi connectivity index (χ2v) is 19.6. The largest absolute Gasteiger partial charge is 0.485 e. The monoisotopic (exact) mass is 941 g/mol. The lowest BCUT2D eigenvalue weighted by Gasteiger charge is -2.32. The quantitative estimate of drug-likeness (QED) is 0.129. The summed E-state index contributed by atoms with van der Waals surface area (Å²) in [6.45, 7) is 4.43. The topological polar surface area (TPSA) is 31.6 Å². The Morgan fingerprint density at radius 3 is 1.44 bits per heavy atom. The standard InChI is InChI=1S/C68H51N3O2/c1-44-45(2)69(64-22-12-10-18-59(44)64)52-33-35-55(36-34-52)70(53-29-24-47(25-30-53)46-14-4-3-5-15-46)54-31-26-48(27-32-54)49-28-37-66-63(38-49)62-21-11-13-23-65(62)71(66)56-41-57(72-67-39-50-16-6-8-19-60(50)67)43-58(42-56)73-68-40-51-17-7-9-20-61(51)68/h3-38,41-43,67-68H,39-40H2,1-2H3. The van der Waals surface area contributed by atoms with Crippen molar-refractivity contribution in [1.29, 1.82) is 0 Å². The Balaban J connectivity index is 0.823. The van der Waals surface area contributed by atoms with Gasteiger partial charge in [0.1, 0.15) is 23.7 Å². The van der Waals surface area contributed by atoms with E-state index in [1.807, 2.05) is 0 Å². The molecule has 0 spiro atoms. The third-order valence-electron chi connectivity index (χ3n) is 15.5. The Kier molecular flexibility index (Phi) is 10.2. The van der Waals surface area contributed by atoms with Gasteiger partial charge in [0.05, 0.1) is 22.2 Å². The van der Waals surface area contributed by atoms with Crippen LogP contribution in [0.2, 0.25) is 0 Å². The van der Waals surface area contributed by atoms with Gasteiger partial charge in [-0.1, -0.05) is 146 Å². The van der Waals surface area contributed by atoms with Crippen LogP contribution in [0.25, 0.3) is 66.3 Å². The number of anilines is 3. The Labute approximate surface area is 425 Å². The minimum absolute atomic E-state index is 0.00792. The number of ether oxygens (including phenoxy) is 2. The van der Waals surface area contributed by atoms with Gasteiger partial charge in [0.2, 0.25) is 0 Å². The summed E-state index contributed by atoms with van der Waals surface area (Å²) < 4.78 is 18.4. The van der Waals surface area contributed by atoms with Crippen LogP contribution in [0, 0.1) is 13.8 Å². The maximum absolute atomic E-state index is 6.81. The zero-order valence-electron chi connectivity index (χ0n) is 40.7. The molecule has 0 bridgehead atoms. The molecule has 0 fully saturated rings. The summed E-state index contributed by atoms with van der Waals surface area (Å²) in [6.07, 6.45) is 1.80. The van der Waals surface area contributed by atoms with E-state index in [4.69, 9.17) is 9.47 Å². The molecule has 2 aliphatic rings. The molecular weight excluding hydrogens is 891 g/mol. The predicted molar refractivity (Wildman–Crippen MR) is 300 cm³/mol. The summed E-state index contributed by atoms with van der Waals surface area (Å²) >= 11 is 0. The number of fused-ring (bicyclic) bond motifs is 6. The highest BCUT2D eigenvalue weighted by molar-refractivity contribution is 6.10. The van der Waals surface area contributed by atoms with E-state index in [9.17, 15) is 0 Å². The van der Waals surface area contributed by atoms with Crippen molar-refractivity contribution in [2.45, 2.75) is 38.9 Å². The van der Waals surface area contributed by atoms with Crippen molar-refractivity contribution in [3.63, 3.8) is 0 Å². The van der Waals surface area contributed by atoms with Crippen LogP contribution in [0.1, 0.15) is 45.7 Å². The molecule has 2 atom stereocenters. The normalized spacial score (nSPS) is 14.6. The first-order valence-corrected chi connectivity index (χ1v) is 25.4. The molecule has 0 N–H and O–H groups in total. The maximum atomic E-state index is 6.81. The fourth-order valence-corrected chi connectivity index (χ4v) is 11.5. The number of rotatable bonds is 11. The number of hydrogen-bond acceptors (Lipinski definition) is 3. The molecule has 0 amide bonds. The molecule has 10 aromatic carbocycles. The molecule has 5 heteroatoms. The second-order valence-electron chi connectivity index (χ2n) is 19.6. The average Bonchev–Trinajstić information content (AvgIpc) is 3.90. The number of para-hydroxylation sites is 2. The van der Waals surface area contributed by atoms with Gasteiger partial charge < -0.3 is 23.5 Å². The lowest BCUT2D eigenvalue weighted by Crippen LogP contribution is -2.23. The fourth-order valence-electron chi connectivity index (χ4n) is 11.5. The molecule has 73 heavy (non-hydrogen) atoms. The molecule has 350 valence electrons. The maximum Gasteiger partial charge on any atom is 0.128 e. The highest BCUT2D eigenvalue weighted by Gasteiger charge is 2.30. The first-order chi connectivity index (χ1) is 36.0. The molecule has 0 saturated heterocycles. The number of hydrogen-bond donors (Lipinski definition) is 0. The van der Waals surface area contributed by atoms with Crippen molar-refractivity contribution in [3.05, 3.63) is 270 Å². The molecular formula is C68H51N3O2. The molecule has 2 heterocycles. The SMILES string of the molecule is Cc1c(C)n(-c2ccc(N(c3ccc(-c4ccccc4)cc3)c3ccc(-c4ccc5c(c4)c4ccccc4n5-c4cc(OC5Cc6ccccc65)cc(OC5Cc6ccccc65)c4)cc3)cc2)c2ccccc12. The van der Waals surface area contributed by atoms with Crippen LogP contribution in [0.15, 0.2) is 237 Å². The van der Waals surface area contributed by atoms with Crippen molar-refractivity contribution in [1.82, 2.24) is 9.13 Å². The summed E-state index contributed by atoms with van der Waals surface area (Å²) in [5, 5.41) is 3.67. The molecule has 12 aromatic rings. The number of benzene rings is 10. The van der Waals surface area contributed by atoms with Crippen molar-refractivity contribution in [2.24, 2.45) is 0 Å². The number of nitrogens with zero attached hydrogens (tertiary/aromatic N) is 3. The third-order valence-corrected chi connectivity index (χ3v) is 15.5. The van der Waals surface area contributed by atoms with Gasteiger partial charge in [-0.25, -0.2) is 0 Å². The van der Waals surface area contributed by atoms with E-state index in [1.54, 1.807) is 0 Å². The van der Waals surface area contributed by atoms with Gasteiger partial charge in [0, 0.05) is 75.6 Å². The first-order valence-electron chi connectivity index (χ1n) is 25.4. The van der Waals surface area contributed by atoms with Gasteiger partial charge in [-0.15, -0.1) is 0 Å². The van der Waals surface area contributed by atoms with Gasteiger partial charge in [0.25, 0.3) is 0 Å². The van der Waals surface area contributed by atoms with Crippen LogP contribution in [0.5, 0.6) is 11.5 Å². The van der Waals surface area contributed by atoms with Crippen LogP contribution in [-0.4, -0.2) is 9.13 Å². The Hall–Kier alpha value is -9.06. The van der Waals surface area contributed by atoms with Gasteiger partial charge in [-0.2, -0.15) is 0 Å². The van der Waals surface area contributed by atoms with E-state index in [0.29, 0.717) is 0 Å². The fraction of sp³-hybridized carbons (Fsp3) is 0.0882. The molecule has 2 aliphatic carbocycles. The average molecular weight is 942 g/mol. The summed E-state index contributed by atoms with van der Waals surface area (Å²) in [5.74, 6) is 1.61. The first kappa shape index (κ1) is 42.8. The molecule has 0 saturated carbocycles. The van der Waals surface area contributed by atoms with Gasteiger partial charge >= 0.3 is 0 Å². The minimum Gasteiger partial charge on any atom is -0.485 e. The van der Waals surface area contributed by atoms with Gasteiger partial charge in [-0.05, 0) is 137 Å². The summed E-state index contributed by atoms with van der Waals surface area (Å²) in [7, 11) is 0. The lowest BCUT2D eigenvalue weighted by molar-refractivity contribution is 0.170. The van der Waals surface area contributed by atoms with Gasteiger partial charge in [-0.3, -0.25) is 0 Å². The summed E-state index contributed by atoms with van der Waals surface area (Å²) in [5.41, 5.74) is 21.4. The number of aromatic nitrogens is 2. The second kappa shape index (κ2) is 17.4. The zero-order chi connectivity index (χ0) is 48.6. The van der Waals surface area contributed by atoms with Crippen LogP contribution in [0.3, 0.4) is 0 Å². The Morgan fingerprint density at radius 1 is 0.370 bits per heavy atom. The third kappa shape index (κ3) is 7.38. The van der Waals surface area contributed by atoms with Crippen LogP contribution < -0.4 is 14.4 Å². The van der Waals surface area contributed by atoms with Crippen molar-refractivity contribution < 1.29 is 9.47 Å². The van der Waals surface area contributed by atoms with Crippen molar-refractivity contribution in [2.75, 3.05) is 4.90 Å². The predicted octanol–water partition coefficient (Wildman–Crippen LogP) is 17.5. The van der Waals surface area contributed by atoms with E-state index >= 15 is 0 Å². The molecule has 0 radical (unpaired) electrons. The van der Waals surface area contributed by atoms with E-state index < -0.39 is 0 Å². The van der Waals surface area contributed by atoms with Crippen LogP contribution in [-0.2, 0) is 12.8 Å². The zero-order valence-corrected chi connectivity index (χ0v) is 40.7. The Bertz CT molecular complexity index is 3980. The number of aryl methyl sites for hydroxylation is 1. The highest BCUT2D eigenvalue weighted by atomic mass is 16.5. The van der Waals surface area contributed by atoms with E-state index in [0.717, 1.165) is 74.9 Å². The molecule has 2 unspecified atom stereocenters. The summed E-state index contributed by atoms with van der Waals surface area (Å²) in [6, 6.07) is 85.4. The molecule has 0 aliphatic heterocycles. The van der Waals surface area contributed by atoms with Crippen LogP contribution in [0.4, 0.5) is 17.1 Å². The van der Waals surface area contributed by atoms with Gasteiger partial charge in [0.15, 0.2) is 0 Å². The summed E-state index contributed by atoms with van der Waals surface area (Å²) in [4.78, 5) is 2.36. The van der Waals surface area contributed by atoms with E-state index in [1.165, 1.54) is 66.3 Å². The van der Waals surface area contributed by atoms with Crippen molar-refractivity contribution >= 4 is 49.8 Å². The Morgan fingerprint density at radius 2 is 0.836 bits per heavy atom. The smallest absolute Gasteiger partial charge is 0.128 e. The minimum atomic E-state index is 0.00792. The lowest BCUT2D eigenvalue weighted by atomic mass is 9.85.